The molecule has 2 aromatic carbocycles. The molecule has 2 heterocycles. The Labute approximate surface area is 157 Å². The van der Waals surface area contributed by atoms with E-state index < -0.39 is 12.1 Å². The molecular weight excluding hydrogens is 346 g/mol. The average Bonchev–Trinajstić information content (AvgIpc) is 2.71. The van der Waals surface area contributed by atoms with Gasteiger partial charge >= 0.3 is 5.97 Å². The highest BCUT2D eigenvalue weighted by molar-refractivity contribution is 5.95. The molecule has 0 bridgehead atoms. The van der Waals surface area contributed by atoms with Crippen molar-refractivity contribution < 1.29 is 23.8 Å². The molecule has 0 spiro atoms. The van der Waals surface area contributed by atoms with E-state index >= 15 is 0 Å². The van der Waals surface area contributed by atoms with Gasteiger partial charge in [0.2, 0.25) is 0 Å². The van der Waals surface area contributed by atoms with Crippen molar-refractivity contribution in [2.24, 2.45) is 0 Å². The van der Waals surface area contributed by atoms with Gasteiger partial charge in [-0.05, 0) is 41.3 Å². The summed E-state index contributed by atoms with van der Waals surface area (Å²) in [4.78, 5) is 27.0. The van der Waals surface area contributed by atoms with Gasteiger partial charge in [-0.25, -0.2) is 4.79 Å². The van der Waals surface area contributed by atoms with Crippen LogP contribution >= 0.6 is 0 Å². The van der Waals surface area contributed by atoms with E-state index in [2.05, 4.69) is 0 Å². The maximum Gasteiger partial charge on any atom is 0.339 e. The molecule has 4 rings (SSSR count). The van der Waals surface area contributed by atoms with E-state index in [0.29, 0.717) is 36.6 Å². The number of cyclic esters (lactones) is 1. The Bertz CT molecular complexity index is 907. The number of carbonyl (C=O) groups excluding carboxylic acids is 2. The lowest BCUT2D eigenvalue weighted by Gasteiger charge is -2.33. The molecule has 0 unspecified atom stereocenters. The lowest BCUT2D eigenvalue weighted by molar-refractivity contribution is -0.142. The Morgan fingerprint density at radius 1 is 1.07 bits per heavy atom. The van der Waals surface area contributed by atoms with Crippen LogP contribution in [0.5, 0.6) is 11.5 Å². The van der Waals surface area contributed by atoms with Crippen LogP contribution in [0.3, 0.4) is 0 Å². The molecule has 2 aromatic rings. The van der Waals surface area contributed by atoms with Gasteiger partial charge in [0.1, 0.15) is 0 Å². The van der Waals surface area contributed by atoms with Crippen LogP contribution in [0.15, 0.2) is 36.4 Å². The SMILES string of the molecule is COc1cc2c(cc1OC)CN(C(=O)[C@H]1Cc3ccccc3C(=O)O1)CC2. The van der Waals surface area contributed by atoms with Crippen molar-refractivity contribution in [1.82, 2.24) is 4.90 Å². The monoisotopic (exact) mass is 367 g/mol. The summed E-state index contributed by atoms with van der Waals surface area (Å²) < 4.78 is 16.1. The standard InChI is InChI=1S/C21H21NO5/c1-25-17-9-13-7-8-22(12-15(13)11-18(17)26-2)20(23)19-10-14-5-3-4-6-16(14)21(24)27-19/h3-6,9,11,19H,7-8,10,12H2,1-2H3/t19-/m1/s1. The lowest BCUT2D eigenvalue weighted by atomic mass is 9.95. The summed E-state index contributed by atoms with van der Waals surface area (Å²) in [7, 11) is 3.20. The number of fused-ring (bicyclic) bond motifs is 2. The number of hydrogen-bond acceptors (Lipinski definition) is 5. The minimum absolute atomic E-state index is 0.154. The first-order chi connectivity index (χ1) is 13.1. The van der Waals surface area contributed by atoms with Crippen molar-refractivity contribution in [3.05, 3.63) is 58.7 Å². The smallest absolute Gasteiger partial charge is 0.339 e. The Hall–Kier alpha value is -3.02. The van der Waals surface area contributed by atoms with Gasteiger partial charge in [0, 0.05) is 19.5 Å². The zero-order chi connectivity index (χ0) is 19.0. The quantitative estimate of drug-likeness (QED) is 0.780. The molecule has 0 radical (unpaired) electrons. The largest absolute Gasteiger partial charge is 0.493 e. The van der Waals surface area contributed by atoms with Crippen LogP contribution in [0.25, 0.3) is 0 Å². The number of ether oxygens (including phenoxy) is 3. The zero-order valence-corrected chi connectivity index (χ0v) is 15.4. The summed E-state index contributed by atoms with van der Waals surface area (Å²) in [5.41, 5.74) is 3.57. The zero-order valence-electron chi connectivity index (χ0n) is 15.4. The molecule has 6 nitrogen and oxygen atoms in total. The number of rotatable bonds is 3. The van der Waals surface area contributed by atoms with Gasteiger partial charge in [-0.3, -0.25) is 4.79 Å². The van der Waals surface area contributed by atoms with Gasteiger partial charge in [-0.1, -0.05) is 18.2 Å². The highest BCUT2D eigenvalue weighted by atomic mass is 16.5. The van der Waals surface area contributed by atoms with E-state index in [1.807, 2.05) is 24.3 Å². The Morgan fingerprint density at radius 2 is 1.78 bits per heavy atom. The molecule has 0 fully saturated rings. The average molecular weight is 367 g/mol. The normalized spacial score (nSPS) is 18.2. The lowest BCUT2D eigenvalue weighted by Crippen LogP contribution is -2.46. The maximum absolute atomic E-state index is 13.0. The molecule has 0 saturated heterocycles. The Kier molecular flexibility index (Phi) is 4.48. The first-order valence-corrected chi connectivity index (χ1v) is 8.92. The summed E-state index contributed by atoms with van der Waals surface area (Å²) >= 11 is 0. The summed E-state index contributed by atoms with van der Waals surface area (Å²) in [6.45, 7) is 1.04. The van der Waals surface area contributed by atoms with Gasteiger partial charge < -0.3 is 19.1 Å². The van der Waals surface area contributed by atoms with Crippen molar-refractivity contribution in [3.8, 4) is 11.5 Å². The molecule has 0 aromatic heterocycles. The number of carbonyl (C=O) groups is 2. The van der Waals surface area contributed by atoms with Crippen molar-refractivity contribution in [1.29, 1.82) is 0 Å². The van der Waals surface area contributed by atoms with Crippen molar-refractivity contribution in [2.75, 3.05) is 20.8 Å². The summed E-state index contributed by atoms with van der Waals surface area (Å²) in [5, 5.41) is 0. The highest BCUT2D eigenvalue weighted by Gasteiger charge is 2.35. The molecule has 2 aliphatic heterocycles. The first-order valence-electron chi connectivity index (χ1n) is 8.92. The molecule has 27 heavy (non-hydrogen) atoms. The van der Waals surface area contributed by atoms with Crippen LogP contribution in [0.2, 0.25) is 0 Å². The van der Waals surface area contributed by atoms with Crippen LogP contribution in [-0.2, 0) is 28.9 Å². The molecule has 140 valence electrons. The second kappa shape index (κ2) is 6.95. The predicted molar refractivity (Wildman–Crippen MR) is 98.0 cm³/mol. The van der Waals surface area contributed by atoms with Crippen LogP contribution in [0.4, 0.5) is 0 Å². The van der Waals surface area contributed by atoms with Crippen molar-refractivity contribution >= 4 is 11.9 Å². The molecule has 1 atom stereocenters. The van der Waals surface area contributed by atoms with E-state index in [1.165, 1.54) is 0 Å². The third-order valence-corrected chi connectivity index (χ3v) is 5.20. The topological polar surface area (TPSA) is 65.1 Å². The summed E-state index contributed by atoms with van der Waals surface area (Å²) in [6, 6.07) is 11.2. The number of hydrogen-bond donors (Lipinski definition) is 0. The van der Waals surface area contributed by atoms with Gasteiger partial charge in [-0.2, -0.15) is 0 Å². The number of nitrogens with zero attached hydrogens (tertiary/aromatic N) is 1. The van der Waals surface area contributed by atoms with E-state index in [-0.39, 0.29) is 5.91 Å². The molecular formula is C21H21NO5. The molecule has 1 amide bonds. The Morgan fingerprint density at radius 3 is 2.52 bits per heavy atom. The molecule has 0 N–H and O–H groups in total. The van der Waals surface area contributed by atoms with E-state index in [1.54, 1.807) is 31.3 Å². The second-order valence-electron chi connectivity index (χ2n) is 6.74. The summed E-state index contributed by atoms with van der Waals surface area (Å²) in [6.07, 6.45) is 0.364. The van der Waals surface area contributed by atoms with E-state index in [9.17, 15) is 9.59 Å². The van der Waals surface area contributed by atoms with E-state index in [0.717, 1.165) is 23.1 Å². The van der Waals surface area contributed by atoms with Gasteiger partial charge in [0.25, 0.3) is 5.91 Å². The van der Waals surface area contributed by atoms with E-state index in [4.69, 9.17) is 14.2 Å². The van der Waals surface area contributed by atoms with Crippen LogP contribution in [-0.4, -0.2) is 43.6 Å². The summed E-state index contributed by atoms with van der Waals surface area (Å²) in [5.74, 6) is 0.745. The van der Waals surface area contributed by atoms with Crippen molar-refractivity contribution in [2.45, 2.75) is 25.5 Å². The molecule has 0 aliphatic carbocycles. The maximum atomic E-state index is 13.0. The van der Waals surface area contributed by atoms with Crippen LogP contribution in [0, 0.1) is 0 Å². The first kappa shape index (κ1) is 17.4. The third kappa shape index (κ3) is 3.12. The molecule has 2 aliphatic rings. The fourth-order valence-electron chi connectivity index (χ4n) is 3.74. The fraction of sp³-hybridized carbons (Fsp3) is 0.333. The van der Waals surface area contributed by atoms with Gasteiger partial charge in [-0.15, -0.1) is 0 Å². The van der Waals surface area contributed by atoms with Crippen LogP contribution < -0.4 is 9.47 Å². The third-order valence-electron chi connectivity index (χ3n) is 5.20. The Balaban J connectivity index is 1.54. The molecule has 0 saturated carbocycles. The fourth-order valence-corrected chi connectivity index (χ4v) is 3.74. The van der Waals surface area contributed by atoms with Crippen molar-refractivity contribution in [3.63, 3.8) is 0 Å². The number of benzene rings is 2. The second-order valence-corrected chi connectivity index (χ2v) is 6.74. The minimum Gasteiger partial charge on any atom is -0.493 e. The minimum atomic E-state index is -0.769. The van der Waals surface area contributed by atoms with Gasteiger partial charge in [0.15, 0.2) is 17.6 Å². The molecule has 6 heteroatoms. The highest BCUT2D eigenvalue weighted by Crippen LogP contribution is 2.33. The number of methoxy groups -OCH3 is 2. The van der Waals surface area contributed by atoms with Crippen LogP contribution in [0.1, 0.15) is 27.0 Å². The van der Waals surface area contributed by atoms with Gasteiger partial charge in [0.05, 0.1) is 19.8 Å². The number of amides is 1. The number of esters is 1. The predicted octanol–water partition coefficient (Wildman–Crippen LogP) is 2.37.